The summed E-state index contributed by atoms with van der Waals surface area (Å²) in [5, 5.41) is 6.57. The fourth-order valence-electron chi connectivity index (χ4n) is 3.78. The third kappa shape index (κ3) is 4.06. The average Bonchev–Trinajstić information content (AvgIpc) is 3.04. The van der Waals surface area contributed by atoms with Gasteiger partial charge in [0.05, 0.1) is 11.4 Å². The number of rotatable bonds is 6. The number of nitrogens with one attached hydrogen (secondary N) is 2. The number of hydrogen-bond donors (Lipinski definition) is 2. The highest BCUT2D eigenvalue weighted by Gasteiger charge is 2.26. The molecule has 1 aliphatic rings. The summed E-state index contributed by atoms with van der Waals surface area (Å²) in [6, 6.07) is 14.4. The number of benzene rings is 1. The highest BCUT2D eigenvalue weighted by Crippen LogP contribution is 2.22. The Morgan fingerprint density at radius 3 is 2.86 bits per heavy atom. The number of fused-ring (bicyclic) bond motifs is 1. The van der Waals surface area contributed by atoms with E-state index >= 15 is 0 Å². The topological polar surface area (TPSA) is 71.8 Å². The molecule has 0 saturated heterocycles. The monoisotopic (exact) mass is 375 g/mol. The van der Waals surface area contributed by atoms with Crippen LogP contribution < -0.4 is 10.6 Å². The van der Waals surface area contributed by atoms with Crippen molar-refractivity contribution in [3.05, 3.63) is 77.6 Å². The third-order valence-electron chi connectivity index (χ3n) is 5.14. The van der Waals surface area contributed by atoms with Crippen LogP contribution in [0.15, 0.2) is 54.9 Å². The van der Waals surface area contributed by atoms with Crippen molar-refractivity contribution in [3.8, 4) is 0 Å². The lowest BCUT2D eigenvalue weighted by Crippen LogP contribution is -2.34. The Hall–Kier alpha value is -3.15. The molecule has 3 heterocycles. The van der Waals surface area contributed by atoms with Crippen LogP contribution in [-0.2, 0) is 19.4 Å². The van der Waals surface area contributed by atoms with Crippen molar-refractivity contribution in [2.75, 3.05) is 11.9 Å². The maximum absolute atomic E-state index is 12.8. The lowest BCUT2D eigenvalue weighted by molar-refractivity contribution is 0.0943. The van der Waals surface area contributed by atoms with Crippen LogP contribution in [0.5, 0.6) is 0 Å². The number of carbonyl (C=O) groups excluding carboxylic acids is 1. The van der Waals surface area contributed by atoms with E-state index in [0.29, 0.717) is 18.3 Å². The lowest BCUT2D eigenvalue weighted by atomic mass is 10.1. The van der Waals surface area contributed by atoms with Gasteiger partial charge in [-0.3, -0.25) is 9.78 Å². The van der Waals surface area contributed by atoms with E-state index in [-0.39, 0.29) is 5.91 Å². The molecule has 1 aromatic carbocycles. The normalized spacial score (nSPS) is 15.7. The van der Waals surface area contributed by atoms with E-state index in [1.54, 1.807) is 6.20 Å². The summed E-state index contributed by atoms with van der Waals surface area (Å²) >= 11 is 0. The van der Waals surface area contributed by atoms with Crippen molar-refractivity contribution >= 4 is 11.6 Å². The minimum absolute atomic E-state index is 0.0363. The summed E-state index contributed by atoms with van der Waals surface area (Å²) in [4.78, 5) is 21.6. The quantitative estimate of drug-likeness (QED) is 0.695. The Labute approximate surface area is 165 Å². The molecule has 1 unspecified atom stereocenters. The smallest absolute Gasteiger partial charge is 0.269 e. The summed E-state index contributed by atoms with van der Waals surface area (Å²) in [6.07, 6.45) is 6.17. The second kappa shape index (κ2) is 8.25. The first-order valence-corrected chi connectivity index (χ1v) is 9.75. The second-order valence-electron chi connectivity index (χ2n) is 7.18. The van der Waals surface area contributed by atoms with E-state index in [4.69, 9.17) is 0 Å². The first kappa shape index (κ1) is 18.2. The Bertz CT molecular complexity index is 936. The zero-order valence-electron chi connectivity index (χ0n) is 16.1. The number of carbonyl (C=O) groups is 1. The highest BCUT2D eigenvalue weighted by molar-refractivity contribution is 5.93. The summed E-state index contributed by atoms with van der Waals surface area (Å²) in [7, 11) is 0. The van der Waals surface area contributed by atoms with Crippen molar-refractivity contribution in [1.82, 2.24) is 19.9 Å². The summed E-state index contributed by atoms with van der Waals surface area (Å²) in [5.74, 6) is 0.934. The molecule has 0 saturated carbocycles. The van der Waals surface area contributed by atoms with Crippen LogP contribution in [0, 0.1) is 6.92 Å². The molecule has 2 N–H and O–H groups in total. The molecule has 3 aromatic rings. The predicted molar refractivity (Wildman–Crippen MR) is 109 cm³/mol. The predicted octanol–water partition coefficient (Wildman–Crippen LogP) is 2.99. The molecule has 6 heteroatoms. The van der Waals surface area contributed by atoms with Gasteiger partial charge in [0.1, 0.15) is 11.5 Å². The molecule has 144 valence electrons. The van der Waals surface area contributed by atoms with Gasteiger partial charge in [-0.05, 0) is 37.5 Å². The fraction of sp³-hybridized carbons (Fsp3) is 0.318. The molecule has 0 aliphatic carbocycles. The van der Waals surface area contributed by atoms with E-state index in [1.807, 2.05) is 43.5 Å². The van der Waals surface area contributed by atoms with Crippen LogP contribution in [-0.4, -0.2) is 33.0 Å². The first-order valence-electron chi connectivity index (χ1n) is 9.75. The van der Waals surface area contributed by atoms with Crippen LogP contribution in [0.4, 0.5) is 5.69 Å². The summed E-state index contributed by atoms with van der Waals surface area (Å²) in [6.45, 7) is 3.32. The van der Waals surface area contributed by atoms with Crippen molar-refractivity contribution in [2.24, 2.45) is 0 Å². The van der Waals surface area contributed by atoms with Gasteiger partial charge >= 0.3 is 0 Å². The molecular formula is C22H25N5O. The SMILES string of the molecule is Cc1nc2n(c1C(=O)NCCc1ccccc1)CCC(Nc1cccnc1)C2. The van der Waals surface area contributed by atoms with Crippen molar-refractivity contribution in [2.45, 2.75) is 38.8 Å². The van der Waals surface area contributed by atoms with E-state index in [2.05, 4.69) is 37.3 Å². The van der Waals surface area contributed by atoms with Crippen LogP contribution in [0.1, 0.15) is 34.0 Å². The van der Waals surface area contributed by atoms with Crippen LogP contribution in [0.2, 0.25) is 0 Å². The zero-order valence-corrected chi connectivity index (χ0v) is 16.1. The minimum Gasteiger partial charge on any atom is -0.381 e. The Morgan fingerprint density at radius 2 is 2.07 bits per heavy atom. The number of amides is 1. The summed E-state index contributed by atoms with van der Waals surface area (Å²) < 4.78 is 2.08. The fourth-order valence-corrected chi connectivity index (χ4v) is 3.78. The Morgan fingerprint density at radius 1 is 1.21 bits per heavy atom. The molecule has 2 aromatic heterocycles. The van der Waals surface area contributed by atoms with Gasteiger partial charge in [0.2, 0.25) is 0 Å². The highest BCUT2D eigenvalue weighted by atomic mass is 16.2. The maximum Gasteiger partial charge on any atom is 0.269 e. The molecule has 0 spiro atoms. The third-order valence-corrected chi connectivity index (χ3v) is 5.14. The van der Waals surface area contributed by atoms with Crippen LogP contribution in [0.3, 0.4) is 0 Å². The molecule has 0 bridgehead atoms. The number of hydrogen-bond acceptors (Lipinski definition) is 4. The lowest BCUT2D eigenvalue weighted by Gasteiger charge is -2.26. The van der Waals surface area contributed by atoms with Gasteiger partial charge in [0, 0.05) is 37.9 Å². The van der Waals surface area contributed by atoms with Crippen molar-refractivity contribution in [3.63, 3.8) is 0 Å². The van der Waals surface area contributed by atoms with Crippen molar-refractivity contribution < 1.29 is 4.79 Å². The molecule has 0 fully saturated rings. The zero-order chi connectivity index (χ0) is 19.3. The molecule has 1 atom stereocenters. The van der Waals surface area contributed by atoms with E-state index in [0.717, 1.165) is 43.0 Å². The van der Waals surface area contributed by atoms with Gasteiger partial charge in [-0.15, -0.1) is 0 Å². The van der Waals surface area contributed by atoms with Crippen LogP contribution in [0.25, 0.3) is 0 Å². The van der Waals surface area contributed by atoms with Gasteiger partial charge in [0.15, 0.2) is 0 Å². The molecule has 28 heavy (non-hydrogen) atoms. The van der Waals surface area contributed by atoms with Crippen molar-refractivity contribution in [1.29, 1.82) is 0 Å². The minimum atomic E-state index is -0.0363. The number of imidazole rings is 1. The molecule has 1 amide bonds. The standard InChI is InChI=1S/C22H25N5O/c1-16-21(22(28)24-12-9-17-6-3-2-4-7-17)27-13-10-18(14-20(27)25-16)26-19-8-5-11-23-15-19/h2-8,11,15,18,26H,9-10,12-14H2,1H3,(H,24,28). The number of pyridine rings is 1. The van der Waals surface area contributed by atoms with Gasteiger partial charge in [-0.1, -0.05) is 30.3 Å². The first-order chi connectivity index (χ1) is 13.7. The van der Waals surface area contributed by atoms with Gasteiger partial charge < -0.3 is 15.2 Å². The van der Waals surface area contributed by atoms with E-state index in [9.17, 15) is 4.79 Å². The van der Waals surface area contributed by atoms with Gasteiger partial charge in [0.25, 0.3) is 5.91 Å². The largest absolute Gasteiger partial charge is 0.381 e. The molecule has 0 radical (unpaired) electrons. The number of aryl methyl sites for hydroxylation is 1. The van der Waals surface area contributed by atoms with E-state index in [1.165, 1.54) is 5.56 Å². The number of nitrogens with zero attached hydrogens (tertiary/aromatic N) is 3. The number of anilines is 1. The second-order valence-corrected chi connectivity index (χ2v) is 7.18. The van der Waals surface area contributed by atoms with E-state index < -0.39 is 0 Å². The van der Waals surface area contributed by atoms with Gasteiger partial charge in [-0.25, -0.2) is 4.98 Å². The number of aromatic nitrogens is 3. The Kier molecular flexibility index (Phi) is 5.37. The summed E-state index contributed by atoms with van der Waals surface area (Å²) in [5.41, 5.74) is 3.74. The van der Waals surface area contributed by atoms with Crippen LogP contribution >= 0.6 is 0 Å². The Balaban J connectivity index is 1.39. The van der Waals surface area contributed by atoms with Gasteiger partial charge in [-0.2, -0.15) is 0 Å². The molecular weight excluding hydrogens is 350 g/mol. The molecule has 6 nitrogen and oxygen atoms in total. The maximum atomic E-state index is 12.8. The molecule has 1 aliphatic heterocycles. The molecule has 4 rings (SSSR count). The average molecular weight is 375 g/mol.